The number of fused-ring (bicyclic) bond motifs is 12. The van der Waals surface area contributed by atoms with Crippen LogP contribution in [0, 0.1) is 21.7 Å². The average molecular weight is 1500 g/mol. The zero-order valence-corrected chi connectivity index (χ0v) is 62.1. The molecule has 4 atom stereocenters. The van der Waals surface area contributed by atoms with E-state index in [-0.39, 0.29) is 49.1 Å². The molecule has 8 aromatic heterocycles. The van der Waals surface area contributed by atoms with Crippen LogP contribution < -0.4 is 37.5 Å². The predicted molar refractivity (Wildman–Crippen MR) is 424 cm³/mol. The molecule has 13 saturated carbocycles. The molecule has 546 valence electrons. The first-order chi connectivity index (χ1) is 50.5. The third-order valence-electron chi connectivity index (χ3n) is 24.7. The Morgan fingerprint density at radius 1 is 0.443 bits per heavy atom. The molecule has 17 aliphatic rings. The van der Waals surface area contributed by atoms with Crippen LogP contribution in [0.3, 0.4) is 0 Å². The second kappa shape index (κ2) is 23.3. The van der Waals surface area contributed by atoms with Gasteiger partial charge in [-0.15, -0.1) is 0 Å². The largest absolute Gasteiger partial charge is 0.552 e. The number of hydrogen-bond donors (Lipinski definition) is 12. The van der Waals surface area contributed by atoms with Gasteiger partial charge in [0.05, 0.1) is 34.5 Å². The summed E-state index contributed by atoms with van der Waals surface area (Å²) in [4.78, 5) is 30.8. The van der Waals surface area contributed by atoms with E-state index in [0.29, 0.717) is 34.5 Å². The molecule has 13 aliphatic carbocycles. The second-order valence-electron chi connectivity index (χ2n) is 32.6. The van der Waals surface area contributed by atoms with Crippen molar-refractivity contribution in [3.63, 3.8) is 0 Å². The van der Waals surface area contributed by atoms with E-state index in [9.17, 15) is 36.9 Å². The Hall–Kier alpha value is -7.84. The Morgan fingerprint density at radius 3 is 1.05 bits per heavy atom. The van der Waals surface area contributed by atoms with Gasteiger partial charge in [0.25, 0.3) is 0 Å². The van der Waals surface area contributed by atoms with Crippen LogP contribution in [-0.4, -0.2) is 168 Å². The van der Waals surface area contributed by atoms with Crippen LogP contribution in [0.15, 0.2) is 133 Å². The maximum Gasteiger partial charge on any atom is 0.552 e. The summed E-state index contributed by atoms with van der Waals surface area (Å²) >= 11 is 0. The SMILES string of the molecule is C=S(=O)(CC)NC12CC(C3=CB(O)Oc4cnc5[nH]ccc5c43)(C1)C2.C=S(=O)(CCC)NC12CC(C3=CB(O)Oc4cnc5[nH]ccc5c43)(C1)C2.C=S(=O)(NC12CC(C3=CB(O)Oc4cnc5[nH]ccc5c43)(C1)C2)C1CC1.C=S(=O)(NC12CC(C3=CB(O)Oc4cnc5[nH]ccc5c43)(C1)C2)c1ccccc1. The lowest BCUT2D eigenvalue weighted by molar-refractivity contribution is -0.0920. The van der Waals surface area contributed by atoms with Crippen LogP contribution in [0.2, 0.25) is 0 Å². The lowest BCUT2D eigenvalue weighted by atomic mass is 9.36. The van der Waals surface area contributed by atoms with E-state index >= 15 is 0 Å². The Balaban J connectivity index is 0.0000000968. The van der Waals surface area contributed by atoms with Crippen LogP contribution in [0.5, 0.6) is 23.0 Å². The van der Waals surface area contributed by atoms with Gasteiger partial charge in [-0.25, -0.2) is 43.0 Å². The van der Waals surface area contributed by atoms with Crippen LogP contribution in [0.25, 0.3) is 66.4 Å². The van der Waals surface area contributed by atoms with E-state index in [1.165, 1.54) is 0 Å². The molecule has 12 heterocycles. The molecule has 9 aromatic rings. The molecule has 13 fully saturated rings. The number of allylic oxidation sites excluding steroid dienone is 4. The lowest BCUT2D eigenvalue weighted by Gasteiger charge is -2.72. The van der Waals surface area contributed by atoms with E-state index in [4.69, 9.17) is 18.6 Å². The van der Waals surface area contributed by atoms with Crippen molar-refractivity contribution < 1.29 is 55.5 Å². The Labute approximate surface area is 616 Å². The topological polar surface area (TPSA) is 349 Å². The zero-order valence-electron chi connectivity index (χ0n) is 58.8. The highest BCUT2D eigenvalue weighted by Crippen LogP contribution is 2.77. The summed E-state index contributed by atoms with van der Waals surface area (Å²) in [6.45, 7) is 3.92. The molecule has 32 heteroatoms. The standard InChI is InChI=1S/C21H20BN3O3S.C18H20BN3O3S.C18H22BN3O3S.C17H20BN3O3S/c1-29(27,14-5-3-2-4-6-14)25-21-11-20(12-21,13-21)16-9-22(26)28-17-10-24-19-15(18(16)17)7-8-23-19;1-26(24,11-2-3-11)22-18-8-17(9-18,10-18)13-6-19(23)25-14-7-21-16-12(15(13)14)4-5-20-16;1-3-6-26(2,24)22-18-9-17(10-18,11-18)13-7-19(23)25-14-8-21-16-12(15(13)14)4-5-20-16;1-3-25(2,23)21-17-8-16(9-17,10-17)12-6-18(22)24-13-7-20-15-11(14(12)13)4-5-19-15/h2-10,26H,1,11-13H2,(H,23,24)(H,25,27);4-7,11,23H,1-3,8-10H2,(H,20,21)(H,22,24);4-5,7-8,23H,2-3,6,9-11H2,1H3,(H,20,21)(H,22,24);4-7,22H,2-3,8-10H2,1H3,(H,19,20)(H,21,23). The lowest BCUT2D eigenvalue weighted by Crippen LogP contribution is -2.75. The number of aromatic nitrogens is 8. The third-order valence-corrected chi connectivity index (χ3v) is 32.4. The number of aromatic amines is 4. The predicted octanol–water partition coefficient (Wildman–Crippen LogP) is 7.66. The van der Waals surface area contributed by atoms with Crippen molar-refractivity contribution in [3.05, 3.63) is 150 Å². The highest BCUT2D eigenvalue weighted by atomic mass is 32.2. The maximum atomic E-state index is 13.2. The van der Waals surface area contributed by atoms with E-state index in [2.05, 4.69) is 82.2 Å². The van der Waals surface area contributed by atoms with Crippen molar-refractivity contribution in [1.82, 2.24) is 58.8 Å². The van der Waals surface area contributed by atoms with Gasteiger partial charge < -0.3 is 58.6 Å². The number of pyridine rings is 4. The first-order valence-electron chi connectivity index (χ1n) is 36.3. The van der Waals surface area contributed by atoms with Crippen molar-refractivity contribution >= 4 is 157 Å². The van der Waals surface area contributed by atoms with Gasteiger partial charge in [-0.05, 0) is 202 Å². The van der Waals surface area contributed by atoms with Crippen molar-refractivity contribution in [3.8, 4) is 23.0 Å². The normalized spacial score (nSPS) is 31.6. The van der Waals surface area contributed by atoms with Gasteiger partial charge >= 0.3 is 28.5 Å². The summed E-state index contributed by atoms with van der Waals surface area (Å²) in [5.74, 6) is 26.6. The highest BCUT2D eigenvalue weighted by molar-refractivity contribution is 7.99. The highest BCUT2D eigenvalue weighted by Gasteiger charge is 2.74. The molecule has 4 unspecified atom stereocenters. The molecule has 0 radical (unpaired) electrons. The van der Waals surface area contributed by atoms with E-state index < -0.39 is 67.3 Å². The first kappa shape index (κ1) is 68.7. The molecule has 1 aromatic carbocycles. The maximum absolute atomic E-state index is 13.2. The van der Waals surface area contributed by atoms with Crippen LogP contribution in [0.1, 0.15) is 132 Å². The second-order valence-corrected chi connectivity index (χ2v) is 41.6. The summed E-state index contributed by atoms with van der Waals surface area (Å²) in [6.07, 6.45) is 28.0. The molecule has 0 amide bonds. The Bertz CT molecular complexity index is 5780. The van der Waals surface area contributed by atoms with Gasteiger partial charge in [0.1, 0.15) is 45.6 Å². The summed E-state index contributed by atoms with van der Waals surface area (Å²) in [6, 6.07) is 17.4. The zero-order chi connectivity index (χ0) is 73.2. The Kier molecular flexibility index (Phi) is 15.1. The number of H-pyrrole nitrogens is 4. The first-order valence-corrected chi connectivity index (χ1v) is 43.6. The fourth-order valence-corrected chi connectivity index (χ4v) is 27.2. The smallest absolute Gasteiger partial charge is 0.531 e. The van der Waals surface area contributed by atoms with E-state index in [1.54, 1.807) is 24.8 Å². The molecule has 26 rings (SSSR count). The van der Waals surface area contributed by atoms with Gasteiger partial charge in [0, 0.05) is 163 Å². The molecule has 4 aliphatic heterocycles. The van der Waals surface area contributed by atoms with Crippen molar-refractivity contribution in [2.45, 2.75) is 142 Å². The summed E-state index contributed by atoms with van der Waals surface area (Å²) < 4.78 is 86.6. The number of nitrogens with one attached hydrogen (secondary N) is 8. The van der Waals surface area contributed by atoms with E-state index in [0.717, 1.165) is 190 Å². The molecule has 12 N–H and O–H groups in total. The minimum Gasteiger partial charge on any atom is -0.531 e. The molecule has 8 bridgehead atoms. The van der Waals surface area contributed by atoms with Crippen molar-refractivity contribution in [2.75, 3.05) is 11.5 Å². The molecule has 0 spiro atoms. The minimum absolute atomic E-state index is 0.0137. The minimum atomic E-state index is -2.55. The van der Waals surface area contributed by atoms with Crippen molar-refractivity contribution in [1.29, 1.82) is 0 Å². The molecule has 24 nitrogen and oxygen atoms in total. The summed E-state index contributed by atoms with van der Waals surface area (Å²) in [5, 5.41) is 45.0. The quantitative estimate of drug-likeness (QED) is 0.0307. The summed E-state index contributed by atoms with van der Waals surface area (Å²) in [5.41, 5.74) is 11.5. The van der Waals surface area contributed by atoms with E-state index in [1.807, 2.05) is 117 Å². The number of hydrogen-bond acceptors (Lipinski definition) is 16. The third kappa shape index (κ3) is 10.9. The van der Waals surface area contributed by atoms with Crippen LogP contribution >= 0.6 is 0 Å². The molecular formula is C74H82B4N12O12S4. The van der Waals surface area contributed by atoms with Gasteiger partial charge in [-0.2, -0.15) is 0 Å². The average Bonchev–Trinajstić information content (AvgIpc) is 0.719. The Morgan fingerprint density at radius 2 is 0.745 bits per heavy atom. The fourth-order valence-electron chi connectivity index (χ4n) is 20.7. The number of nitrogens with zero attached hydrogens (tertiary/aromatic N) is 4. The van der Waals surface area contributed by atoms with Gasteiger partial charge in [-0.3, -0.25) is 12.6 Å². The monoisotopic (exact) mass is 1500 g/mol. The fraction of sp³-hybridized carbons (Fsp3) is 0.378. The molecular weight excluding hydrogens is 1420 g/mol. The van der Waals surface area contributed by atoms with Crippen LogP contribution in [0.4, 0.5) is 0 Å². The van der Waals surface area contributed by atoms with Crippen LogP contribution in [-0.2, 0) is 38.8 Å². The van der Waals surface area contributed by atoms with Gasteiger partial charge in [0.15, 0.2) is 0 Å². The number of benzene rings is 1. The van der Waals surface area contributed by atoms with Gasteiger partial charge in [-0.1, -0.05) is 32.0 Å². The molecule has 0 saturated heterocycles. The molecule has 106 heavy (non-hydrogen) atoms. The number of rotatable bonds is 17. The van der Waals surface area contributed by atoms with Gasteiger partial charge in [0.2, 0.25) is 0 Å². The van der Waals surface area contributed by atoms with Crippen molar-refractivity contribution in [2.24, 2.45) is 21.7 Å². The summed E-state index contributed by atoms with van der Waals surface area (Å²) in [7, 11) is -13.0.